The highest BCUT2D eigenvalue weighted by atomic mass is 32.2. The fraction of sp³-hybridized carbons (Fsp3) is 0.692. The molecular formula is C13H19N3OS. The van der Waals surface area contributed by atoms with Gasteiger partial charge in [0.1, 0.15) is 0 Å². The van der Waals surface area contributed by atoms with E-state index < -0.39 is 0 Å². The minimum atomic E-state index is 0.0638. The highest BCUT2D eigenvalue weighted by molar-refractivity contribution is 7.99. The number of hydrogen-bond donors (Lipinski definition) is 0. The normalized spacial score (nSPS) is 20.7. The average Bonchev–Trinajstić information content (AvgIpc) is 2.41. The molecule has 5 heteroatoms. The van der Waals surface area contributed by atoms with Crippen LogP contribution < -0.4 is 5.56 Å². The van der Waals surface area contributed by atoms with Crippen LogP contribution >= 0.6 is 11.8 Å². The van der Waals surface area contributed by atoms with Crippen molar-refractivity contribution < 1.29 is 0 Å². The lowest BCUT2D eigenvalue weighted by Crippen LogP contribution is -2.39. The second-order valence-corrected chi connectivity index (χ2v) is 6.26. The molecule has 4 nitrogen and oxygen atoms in total. The summed E-state index contributed by atoms with van der Waals surface area (Å²) in [4.78, 5) is 14.4. The molecule has 1 aliphatic carbocycles. The fourth-order valence-corrected chi connectivity index (χ4v) is 3.61. The molecule has 98 valence electrons. The molecule has 0 N–H and O–H groups in total. The van der Waals surface area contributed by atoms with Gasteiger partial charge in [-0.1, -0.05) is 0 Å². The molecule has 1 saturated heterocycles. The molecule has 0 saturated carbocycles. The standard InChI is InChI=1S/C13H19N3OS/c17-13-9-11-3-1-2-4-12(11)14-16(13)10-15-5-7-18-8-6-15/h9H,1-8,10H2. The molecule has 0 radical (unpaired) electrons. The summed E-state index contributed by atoms with van der Waals surface area (Å²) in [6.07, 6.45) is 4.46. The van der Waals surface area contributed by atoms with Gasteiger partial charge in [0.2, 0.25) is 0 Å². The maximum Gasteiger partial charge on any atom is 0.268 e. The van der Waals surface area contributed by atoms with Crippen LogP contribution in [0.15, 0.2) is 10.9 Å². The molecule has 1 aliphatic heterocycles. The molecule has 2 aliphatic rings. The van der Waals surface area contributed by atoms with Gasteiger partial charge < -0.3 is 0 Å². The summed E-state index contributed by atoms with van der Waals surface area (Å²) in [6, 6.07) is 1.81. The second kappa shape index (κ2) is 5.45. The fourth-order valence-electron chi connectivity index (χ4n) is 2.63. The summed E-state index contributed by atoms with van der Waals surface area (Å²) in [5.41, 5.74) is 2.39. The van der Waals surface area contributed by atoms with Gasteiger partial charge in [0.15, 0.2) is 0 Å². The Hall–Kier alpha value is -0.810. The number of rotatable bonds is 2. The molecule has 0 atom stereocenters. The zero-order valence-corrected chi connectivity index (χ0v) is 11.4. The van der Waals surface area contributed by atoms with Crippen LogP contribution in [0.3, 0.4) is 0 Å². The van der Waals surface area contributed by atoms with Crippen molar-refractivity contribution >= 4 is 11.8 Å². The molecular weight excluding hydrogens is 246 g/mol. The van der Waals surface area contributed by atoms with E-state index in [1.165, 1.54) is 29.9 Å². The average molecular weight is 265 g/mol. The lowest BCUT2D eigenvalue weighted by Gasteiger charge is -2.26. The van der Waals surface area contributed by atoms with Gasteiger partial charge in [-0.25, -0.2) is 4.68 Å². The van der Waals surface area contributed by atoms with E-state index in [1.807, 2.05) is 11.8 Å². The molecule has 1 aromatic rings. The molecule has 2 heterocycles. The van der Waals surface area contributed by atoms with Crippen molar-refractivity contribution in [3.63, 3.8) is 0 Å². The van der Waals surface area contributed by atoms with E-state index in [9.17, 15) is 4.79 Å². The molecule has 0 amide bonds. The minimum absolute atomic E-state index is 0.0638. The van der Waals surface area contributed by atoms with Crippen molar-refractivity contribution in [3.8, 4) is 0 Å². The van der Waals surface area contributed by atoms with Gasteiger partial charge in [-0.3, -0.25) is 9.69 Å². The van der Waals surface area contributed by atoms with Gasteiger partial charge in [-0.2, -0.15) is 16.9 Å². The van der Waals surface area contributed by atoms with Crippen LogP contribution in [0.1, 0.15) is 24.1 Å². The van der Waals surface area contributed by atoms with E-state index in [4.69, 9.17) is 0 Å². The number of aromatic nitrogens is 2. The van der Waals surface area contributed by atoms with Gasteiger partial charge in [0.05, 0.1) is 12.4 Å². The number of nitrogens with zero attached hydrogens (tertiary/aromatic N) is 3. The SMILES string of the molecule is O=c1cc2c(nn1CN1CCSCC1)CCCC2. The summed E-state index contributed by atoms with van der Waals surface area (Å²) in [5.74, 6) is 2.33. The monoisotopic (exact) mass is 265 g/mol. The Balaban J connectivity index is 1.80. The van der Waals surface area contributed by atoms with Crippen LogP contribution in [0.4, 0.5) is 0 Å². The lowest BCUT2D eigenvalue weighted by atomic mass is 9.97. The van der Waals surface area contributed by atoms with Crippen molar-refractivity contribution in [1.29, 1.82) is 0 Å². The van der Waals surface area contributed by atoms with Gasteiger partial charge in [0, 0.05) is 30.7 Å². The number of thioether (sulfide) groups is 1. The van der Waals surface area contributed by atoms with Crippen LogP contribution in [0.25, 0.3) is 0 Å². The zero-order chi connectivity index (χ0) is 12.4. The smallest absolute Gasteiger partial charge is 0.268 e. The third-order valence-electron chi connectivity index (χ3n) is 3.71. The maximum absolute atomic E-state index is 12.0. The van der Waals surface area contributed by atoms with E-state index in [1.54, 1.807) is 10.7 Å². The Morgan fingerprint density at radius 3 is 2.83 bits per heavy atom. The molecule has 18 heavy (non-hydrogen) atoms. The van der Waals surface area contributed by atoms with Crippen molar-refractivity contribution in [1.82, 2.24) is 14.7 Å². The largest absolute Gasteiger partial charge is 0.283 e. The first-order valence-corrected chi connectivity index (χ1v) is 7.88. The number of aryl methyl sites for hydroxylation is 2. The maximum atomic E-state index is 12.0. The quantitative estimate of drug-likeness (QED) is 0.803. The van der Waals surface area contributed by atoms with Gasteiger partial charge >= 0.3 is 0 Å². The Labute approximate surface area is 111 Å². The first kappa shape index (κ1) is 12.2. The third kappa shape index (κ3) is 2.62. The van der Waals surface area contributed by atoms with Crippen LogP contribution in [-0.2, 0) is 19.5 Å². The molecule has 0 unspecified atom stereocenters. The van der Waals surface area contributed by atoms with Gasteiger partial charge in [0.25, 0.3) is 5.56 Å². The summed E-state index contributed by atoms with van der Waals surface area (Å²) < 4.78 is 1.65. The summed E-state index contributed by atoms with van der Waals surface area (Å²) in [5, 5.41) is 4.56. The molecule has 1 fully saturated rings. The summed E-state index contributed by atoms with van der Waals surface area (Å²) in [7, 11) is 0. The number of fused-ring (bicyclic) bond motifs is 1. The lowest BCUT2D eigenvalue weighted by molar-refractivity contribution is 0.221. The third-order valence-corrected chi connectivity index (χ3v) is 4.65. The molecule has 0 aromatic carbocycles. The van der Waals surface area contributed by atoms with Gasteiger partial charge in [-0.15, -0.1) is 0 Å². The summed E-state index contributed by atoms with van der Waals surface area (Å²) >= 11 is 1.99. The van der Waals surface area contributed by atoms with Crippen molar-refractivity contribution in [2.24, 2.45) is 0 Å². The van der Waals surface area contributed by atoms with Crippen LogP contribution in [0.5, 0.6) is 0 Å². The minimum Gasteiger partial charge on any atom is -0.283 e. The van der Waals surface area contributed by atoms with Crippen molar-refractivity contribution in [2.45, 2.75) is 32.4 Å². The Morgan fingerprint density at radius 1 is 1.22 bits per heavy atom. The highest BCUT2D eigenvalue weighted by Crippen LogP contribution is 2.17. The molecule has 0 spiro atoms. The van der Waals surface area contributed by atoms with E-state index in [-0.39, 0.29) is 5.56 Å². The van der Waals surface area contributed by atoms with E-state index in [0.29, 0.717) is 6.67 Å². The number of hydrogen-bond acceptors (Lipinski definition) is 4. The molecule has 0 bridgehead atoms. The molecule has 1 aromatic heterocycles. The van der Waals surface area contributed by atoms with Crippen LogP contribution in [0, 0.1) is 0 Å². The summed E-state index contributed by atoms with van der Waals surface area (Å²) in [6.45, 7) is 2.79. The second-order valence-electron chi connectivity index (χ2n) is 5.03. The molecule has 3 rings (SSSR count). The van der Waals surface area contributed by atoms with E-state index in [2.05, 4.69) is 10.00 Å². The highest BCUT2D eigenvalue weighted by Gasteiger charge is 2.16. The predicted molar refractivity (Wildman–Crippen MR) is 74.0 cm³/mol. The first-order valence-electron chi connectivity index (χ1n) is 6.73. The van der Waals surface area contributed by atoms with Crippen LogP contribution in [0.2, 0.25) is 0 Å². The topological polar surface area (TPSA) is 38.1 Å². The predicted octanol–water partition coefficient (Wildman–Crippen LogP) is 1.13. The van der Waals surface area contributed by atoms with E-state index in [0.717, 1.165) is 31.6 Å². The first-order chi connectivity index (χ1) is 8.83. The Bertz CT molecular complexity index is 480. The Morgan fingerprint density at radius 2 is 2.00 bits per heavy atom. The zero-order valence-electron chi connectivity index (χ0n) is 10.6. The van der Waals surface area contributed by atoms with Crippen molar-refractivity contribution in [2.75, 3.05) is 24.6 Å². The van der Waals surface area contributed by atoms with E-state index >= 15 is 0 Å². The van der Waals surface area contributed by atoms with Gasteiger partial charge in [-0.05, 0) is 31.2 Å². The van der Waals surface area contributed by atoms with Crippen molar-refractivity contribution in [3.05, 3.63) is 27.7 Å². The van der Waals surface area contributed by atoms with Crippen LogP contribution in [-0.4, -0.2) is 39.3 Å². The Kier molecular flexibility index (Phi) is 3.70.